The number of aryl methyl sites for hydroxylation is 1. The molecule has 3 rings (SSSR count). The van der Waals surface area contributed by atoms with Gasteiger partial charge in [-0.2, -0.15) is 8.78 Å². The van der Waals surface area contributed by atoms with Gasteiger partial charge in [0.1, 0.15) is 11.8 Å². The second-order valence-electron chi connectivity index (χ2n) is 6.10. The third kappa shape index (κ3) is 4.14. The molecule has 0 bridgehead atoms. The molecule has 1 amide bonds. The average Bonchev–Trinajstić information content (AvgIpc) is 2.59. The van der Waals surface area contributed by atoms with Gasteiger partial charge in [-0.15, -0.1) is 0 Å². The maximum Gasteiger partial charge on any atom is 0.387 e. The van der Waals surface area contributed by atoms with Gasteiger partial charge in [-0.25, -0.2) is 0 Å². The summed E-state index contributed by atoms with van der Waals surface area (Å²) in [5, 5.41) is 3.32. The van der Waals surface area contributed by atoms with Crippen LogP contribution in [0.1, 0.15) is 41.6 Å². The first kappa shape index (κ1) is 17.4. The molecule has 4 nitrogen and oxygen atoms in total. The fourth-order valence-corrected chi connectivity index (χ4v) is 3.33. The van der Waals surface area contributed by atoms with Crippen LogP contribution in [0.5, 0.6) is 5.75 Å². The predicted molar refractivity (Wildman–Crippen MR) is 90.3 cm³/mol. The number of hydrogen-bond acceptors (Lipinski definition) is 3. The van der Waals surface area contributed by atoms with Crippen LogP contribution in [-0.2, 0) is 11.2 Å². The number of nitrogens with two attached hydrogens (primary N) is 1. The molecule has 0 fully saturated rings. The SMILES string of the molecule is NC(=O)[C@@H](N[C@H]1CCCc2cc(OC(F)F)ccc21)c1ccccc1. The molecule has 25 heavy (non-hydrogen) atoms. The Kier molecular flexibility index (Phi) is 5.28. The lowest BCUT2D eigenvalue weighted by atomic mass is 9.86. The zero-order chi connectivity index (χ0) is 17.8. The molecule has 2 aromatic rings. The number of primary amides is 1. The Morgan fingerprint density at radius 2 is 1.96 bits per heavy atom. The molecule has 0 spiro atoms. The molecule has 132 valence electrons. The van der Waals surface area contributed by atoms with E-state index in [1.54, 1.807) is 12.1 Å². The van der Waals surface area contributed by atoms with Crippen molar-refractivity contribution < 1.29 is 18.3 Å². The first-order chi connectivity index (χ1) is 12.0. The number of nitrogens with one attached hydrogen (secondary N) is 1. The van der Waals surface area contributed by atoms with Crippen molar-refractivity contribution in [2.24, 2.45) is 5.73 Å². The minimum Gasteiger partial charge on any atom is -0.435 e. The molecular weight excluding hydrogens is 326 g/mol. The zero-order valence-corrected chi connectivity index (χ0v) is 13.6. The number of halogens is 2. The number of ether oxygens (including phenoxy) is 1. The summed E-state index contributed by atoms with van der Waals surface area (Å²) in [4.78, 5) is 11.9. The van der Waals surface area contributed by atoms with Crippen LogP contribution in [0.25, 0.3) is 0 Å². The largest absolute Gasteiger partial charge is 0.435 e. The number of carbonyl (C=O) groups excluding carboxylic acids is 1. The smallest absolute Gasteiger partial charge is 0.387 e. The van der Waals surface area contributed by atoms with E-state index in [-0.39, 0.29) is 11.8 Å². The second-order valence-corrected chi connectivity index (χ2v) is 6.10. The number of fused-ring (bicyclic) bond motifs is 1. The quantitative estimate of drug-likeness (QED) is 0.842. The summed E-state index contributed by atoms with van der Waals surface area (Å²) in [6.07, 6.45) is 2.53. The van der Waals surface area contributed by atoms with Gasteiger partial charge >= 0.3 is 6.61 Å². The van der Waals surface area contributed by atoms with Crippen molar-refractivity contribution in [3.05, 3.63) is 65.2 Å². The normalized spacial score (nSPS) is 17.8. The summed E-state index contributed by atoms with van der Waals surface area (Å²) in [6, 6.07) is 13.6. The molecule has 6 heteroatoms. The highest BCUT2D eigenvalue weighted by atomic mass is 19.3. The van der Waals surface area contributed by atoms with Gasteiger partial charge < -0.3 is 10.5 Å². The summed E-state index contributed by atoms with van der Waals surface area (Å²) in [6.45, 7) is -2.84. The minimum atomic E-state index is -2.84. The summed E-state index contributed by atoms with van der Waals surface area (Å²) >= 11 is 0. The third-order valence-corrected chi connectivity index (χ3v) is 4.44. The summed E-state index contributed by atoms with van der Waals surface area (Å²) < 4.78 is 29.3. The van der Waals surface area contributed by atoms with E-state index in [1.165, 1.54) is 6.07 Å². The third-order valence-electron chi connectivity index (χ3n) is 4.44. The van der Waals surface area contributed by atoms with E-state index < -0.39 is 18.6 Å². The van der Waals surface area contributed by atoms with E-state index >= 15 is 0 Å². The summed E-state index contributed by atoms with van der Waals surface area (Å²) in [5.41, 5.74) is 8.34. The maximum atomic E-state index is 12.4. The number of rotatable bonds is 6. The number of benzene rings is 2. The Labute approximate surface area is 145 Å². The average molecular weight is 346 g/mol. The summed E-state index contributed by atoms with van der Waals surface area (Å²) in [7, 11) is 0. The van der Waals surface area contributed by atoms with E-state index in [2.05, 4.69) is 10.1 Å². The molecular formula is C19H20F2N2O2. The van der Waals surface area contributed by atoms with Crippen LogP contribution >= 0.6 is 0 Å². The van der Waals surface area contributed by atoms with Crippen LogP contribution in [-0.4, -0.2) is 12.5 Å². The highest BCUT2D eigenvalue weighted by Gasteiger charge is 2.26. The molecule has 1 aliphatic carbocycles. The van der Waals surface area contributed by atoms with E-state index in [0.717, 1.165) is 36.0 Å². The highest BCUT2D eigenvalue weighted by molar-refractivity contribution is 5.81. The van der Waals surface area contributed by atoms with E-state index in [9.17, 15) is 13.6 Å². The second kappa shape index (κ2) is 7.61. The van der Waals surface area contributed by atoms with Crippen molar-refractivity contribution >= 4 is 5.91 Å². The number of hydrogen-bond donors (Lipinski definition) is 2. The van der Waals surface area contributed by atoms with Gasteiger partial charge in [0.05, 0.1) is 0 Å². The van der Waals surface area contributed by atoms with Crippen LogP contribution < -0.4 is 15.8 Å². The van der Waals surface area contributed by atoms with Crippen LogP contribution in [0.3, 0.4) is 0 Å². The number of amides is 1. The van der Waals surface area contributed by atoms with Crippen molar-refractivity contribution in [1.29, 1.82) is 0 Å². The Balaban J connectivity index is 1.83. The standard InChI is InChI=1S/C19H20F2N2O2/c20-19(21)25-14-9-10-15-13(11-14)7-4-8-16(15)23-17(18(22)24)12-5-2-1-3-6-12/h1-3,5-6,9-11,16-17,19,23H,4,7-8H2,(H2,22,24)/t16-,17-/m0/s1. The zero-order valence-electron chi connectivity index (χ0n) is 13.6. The van der Waals surface area contributed by atoms with Gasteiger partial charge in [0.15, 0.2) is 0 Å². The molecule has 2 aromatic carbocycles. The van der Waals surface area contributed by atoms with Gasteiger partial charge in [-0.1, -0.05) is 36.4 Å². The highest BCUT2D eigenvalue weighted by Crippen LogP contribution is 2.34. The molecule has 0 radical (unpaired) electrons. The minimum absolute atomic E-state index is 0.0675. The molecule has 0 saturated heterocycles. The first-order valence-corrected chi connectivity index (χ1v) is 8.22. The predicted octanol–water partition coefficient (Wildman–Crippen LogP) is 3.48. The van der Waals surface area contributed by atoms with Crippen LogP contribution in [0.15, 0.2) is 48.5 Å². The lowest BCUT2D eigenvalue weighted by Crippen LogP contribution is -2.37. The van der Waals surface area contributed by atoms with Crippen molar-refractivity contribution in [2.45, 2.75) is 38.0 Å². The van der Waals surface area contributed by atoms with Crippen LogP contribution in [0, 0.1) is 0 Å². The molecule has 0 aromatic heterocycles. The fraction of sp³-hybridized carbons (Fsp3) is 0.316. The molecule has 0 heterocycles. The van der Waals surface area contributed by atoms with E-state index in [1.807, 2.05) is 30.3 Å². The molecule has 3 N–H and O–H groups in total. The lowest BCUT2D eigenvalue weighted by molar-refractivity contribution is -0.120. The van der Waals surface area contributed by atoms with Crippen LogP contribution in [0.4, 0.5) is 8.78 Å². The van der Waals surface area contributed by atoms with Crippen molar-refractivity contribution in [1.82, 2.24) is 5.32 Å². The molecule has 0 saturated carbocycles. The Morgan fingerprint density at radius 1 is 1.20 bits per heavy atom. The summed E-state index contributed by atoms with van der Waals surface area (Å²) in [5.74, 6) is -0.292. The van der Waals surface area contributed by atoms with Crippen molar-refractivity contribution in [3.63, 3.8) is 0 Å². The fourth-order valence-electron chi connectivity index (χ4n) is 3.33. The van der Waals surface area contributed by atoms with Gasteiger partial charge in [0.25, 0.3) is 0 Å². The Morgan fingerprint density at radius 3 is 2.64 bits per heavy atom. The van der Waals surface area contributed by atoms with Crippen LogP contribution in [0.2, 0.25) is 0 Å². The molecule has 0 aliphatic heterocycles. The molecule has 2 atom stereocenters. The monoisotopic (exact) mass is 346 g/mol. The van der Waals surface area contributed by atoms with E-state index in [0.29, 0.717) is 0 Å². The molecule has 0 unspecified atom stereocenters. The lowest BCUT2D eigenvalue weighted by Gasteiger charge is -2.30. The molecule has 1 aliphatic rings. The maximum absolute atomic E-state index is 12.4. The van der Waals surface area contributed by atoms with Crippen molar-refractivity contribution in [2.75, 3.05) is 0 Å². The van der Waals surface area contributed by atoms with E-state index in [4.69, 9.17) is 5.73 Å². The van der Waals surface area contributed by atoms with Gasteiger partial charge in [0.2, 0.25) is 5.91 Å². The number of carbonyl (C=O) groups is 1. The van der Waals surface area contributed by atoms with Gasteiger partial charge in [0, 0.05) is 6.04 Å². The topological polar surface area (TPSA) is 64.4 Å². The number of alkyl halides is 2. The van der Waals surface area contributed by atoms with Gasteiger partial charge in [-0.3, -0.25) is 10.1 Å². The Hall–Kier alpha value is -2.47. The first-order valence-electron chi connectivity index (χ1n) is 8.22. The Bertz CT molecular complexity index is 737. The van der Waals surface area contributed by atoms with Crippen molar-refractivity contribution in [3.8, 4) is 5.75 Å². The van der Waals surface area contributed by atoms with Gasteiger partial charge in [-0.05, 0) is 48.1 Å².